The van der Waals surface area contributed by atoms with Gasteiger partial charge in [0.1, 0.15) is 0 Å². The second-order valence-corrected chi connectivity index (χ2v) is 9.91. The topological polar surface area (TPSA) is 39.7 Å². The molecule has 0 saturated carbocycles. The van der Waals surface area contributed by atoms with E-state index in [0.29, 0.717) is 5.91 Å². The summed E-state index contributed by atoms with van der Waals surface area (Å²) in [6.07, 6.45) is 1.81. The van der Waals surface area contributed by atoms with Crippen LogP contribution >= 0.6 is 22.9 Å². The third-order valence-electron chi connectivity index (χ3n) is 6.50. The largest absolute Gasteiger partial charge is 0.368 e. The third kappa shape index (κ3) is 4.23. The lowest BCUT2D eigenvalue weighted by molar-refractivity contribution is -0.136. The quantitative estimate of drug-likeness (QED) is 0.568. The Labute approximate surface area is 192 Å². The maximum Gasteiger partial charge on any atom is 0.225 e. The normalized spacial score (nSPS) is 18.1. The number of para-hydroxylation sites is 1. The van der Waals surface area contributed by atoms with Crippen LogP contribution in [0.4, 0.5) is 10.8 Å². The number of carbonyl (C=O) groups is 1. The molecule has 2 fully saturated rings. The fourth-order valence-corrected chi connectivity index (χ4v) is 5.85. The van der Waals surface area contributed by atoms with Crippen LogP contribution in [0.1, 0.15) is 18.4 Å². The van der Waals surface area contributed by atoms with E-state index in [4.69, 9.17) is 16.6 Å². The van der Waals surface area contributed by atoms with Gasteiger partial charge in [0.2, 0.25) is 5.91 Å². The molecular formula is C24H27ClN4OS. The van der Waals surface area contributed by atoms with Crippen LogP contribution in [0, 0.1) is 12.8 Å². The van der Waals surface area contributed by atoms with Crippen molar-refractivity contribution < 1.29 is 4.79 Å². The Hall–Kier alpha value is -2.31. The molecule has 1 amide bonds. The smallest absolute Gasteiger partial charge is 0.225 e. The fraction of sp³-hybridized carbons (Fsp3) is 0.417. The highest BCUT2D eigenvalue weighted by Gasteiger charge is 2.31. The van der Waals surface area contributed by atoms with Gasteiger partial charge in [0.25, 0.3) is 0 Å². The number of amides is 1. The molecule has 0 N–H and O–H groups in total. The molecule has 0 radical (unpaired) electrons. The molecule has 2 aliphatic rings. The van der Waals surface area contributed by atoms with Gasteiger partial charge in [-0.25, -0.2) is 4.98 Å². The second kappa shape index (κ2) is 8.67. The zero-order valence-electron chi connectivity index (χ0n) is 17.8. The van der Waals surface area contributed by atoms with E-state index in [9.17, 15) is 4.79 Å². The van der Waals surface area contributed by atoms with Crippen LogP contribution in [0.3, 0.4) is 0 Å². The Morgan fingerprint density at radius 2 is 1.74 bits per heavy atom. The zero-order valence-corrected chi connectivity index (χ0v) is 19.3. The van der Waals surface area contributed by atoms with Gasteiger partial charge >= 0.3 is 0 Å². The van der Waals surface area contributed by atoms with E-state index < -0.39 is 0 Å². The van der Waals surface area contributed by atoms with Crippen molar-refractivity contribution >= 4 is 49.9 Å². The predicted octanol–water partition coefficient (Wildman–Crippen LogP) is 4.82. The van der Waals surface area contributed by atoms with Crippen LogP contribution in [-0.2, 0) is 4.79 Å². The summed E-state index contributed by atoms with van der Waals surface area (Å²) in [6.45, 7) is 7.19. The summed E-state index contributed by atoms with van der Waals surface area (Å²) in [4.78, 5) is 24.7. The standard InChI is InChI=1S/C24H27ClN4OS/c1-17-6-7-19(25)16-21(17)27-12-14-28(15-13-27)23(30)18-8-10-29(11-9-18)24-26-20-4-2-3-5-22(20)31-24/h2-7,16,18H,8-15H2,1H3. The first-order chi connectivity index (χ1) is 15.1. The number of halogens is 1. The number of carbonyl (C=O) groups excluding carboxylic acids is 1. The van der Waals surface area contributed by atoms with Crippen molar-refractivity contribution in [2.24, 2.45) is 5.92 Å². The van der Waals surface area contributed by atoms with Crippen LogP contribution < -0.4 is 9.80 Å². The summed E-state index contributed by atoms with van der Waals surface area (Å²) >= 11 is 7.94. The maximum atomic E-state index is 13.2. The van der Waals surface area contributed by atoms with Crippen LogP contribution in [-0.4, -0.2) is 55.1 Å². The van der Waals surface area contributed by atoms with Crippen molar-refractivity contribution in [3.63, 3.8) is 0 Å². The zero-order chi connectivity index (χ0) is 21.4. The van der Waals surface area contributed by atoms with Crippen molar-refractivity contribution in [1.82, 2.24) is 9.88 Å². The molecule has 2 saturated heterocycles. The van der Waals surface area contributed by atoms with Gasteiger partial charge in [-0.2, -0.15) is 0 Å². The van der Waals surface area contributed by atoms with Crippen LogP contribution in [0.15, 0.2) is 42.5 Å². The van der Waals surface area contributed by atoms with Crippen molar-refractivity contribution in [3.05, 3.63) is 53.1 Å². The van der Waals surface area contributed by atoms with Gasteiger partial charge in [0.05, 0.1) is 10.2 Å². The first-order valence-corrected chi connectivity index (χ1v) is 12.2. The molecule has 0 spiro atoms. The fourth-order valence-electron chi connectivity index (χ4n) is 4.66. The molecule has 0 bridgehead atoms. The Morgan fingerprint density at radius 1 is 1.00 bits per heavy atom. The molecule has 162 valence electrons. The average molecular weight is 455 g/mol. The lowest BCUT2D eigenvalue weighted by atomic mass is 9.95. The number of fused-ring (bicyclic) bond motifs is 1. The van der Waals surface area contributed by atoms with Crippen LogP contribution in [0.2, 0.25) is 5.02 Å². The summed E-state index contributed by atoms with van der Waals surface area (Å²) in [7, 11) is 0. The molecular weight excluding hydrogens is 428 g/mol. The molecule has 7 heteroatoms. The number of piperazine rings is 1. The molecule has 0 unspecified atom stereocenters. The van der Waals surface area contributed by atoms with Crippen LogP contribution in [0.5, 0.6) is 0 Å². The van der Waals surface area contributed by atoms with Gasteiger partial charge in [-0.05, 0) is 49.6 Å². The molecule has 3 heterocycles. The van der Waals surface area contributed by atoms with Gasteiger partial charge in [0, 0.05) is 55.9 Å². The molecule has 5 nitrogen and oxygen atoms in total. The van der Waals surface area contributed by atoms with E-state index in [1.807, 2.05) is 18.2 Å². The van der Waals surface area contributed by atoms with Crippen molar-refractivity contribution in [1.29, 1.82) is 0 Å². The van der Waals surface area contributed by atoms with Crippen molar-refractivity contribution in [3.8, 4) is 0 Å². The lowest BCUT2D eigenvalue weighted by Crippen LogP contribution is -2.51. The van der Waals surface area contributed by atoms with Gasteiger partial charge in [-0.1, -0.05) is 41.1 Å². The molecule has 2 aromatic carbocycles. The molecule has 31 heavy (non-hydrogen) atoms. The van der Waals surface area contributed by atoms with Gasteiger partial charge in [-0.15, -0.1) is 0 Å². The highest BCUT2D eigenvalue weighted by atomic mass is 35.5. The van der Waals surface area contributed by atoms with E-state index in [-0.39, 0.29) is 5.92 Å². The number of thiazole rings is 1. The Morgan fingerprint density at radius 3 is 2.48 bits per heavy atom. The average Bonchev–Trinajstić information content (AvgIpc) is 3.25. The molecule has 0 atom stereocenters. The van der Waals surface area contributed by atoms with E-state index >= 15 is 0 Å². The van der Waals surface area contributed by atoms with Crippen LogP contribution in [0.25, 0.3) is 10.2 Å². The first kappa shape index (κ1) is 20.6. The minimum atomic E-state index is 0.130. The summed E-state index contributed by atoms with van der Waals surface area (Å²) in [6, 6.07) is 14.3. The van der Waals surface area contributed by atoms with Crippen molar-refractivity contribution in [2.75, 3.05) is 49.1 Å². The molecule has 1 aromatic heterocycles. The summed E-state index contributed by atoms with van der Waals surface area (Å²) in [5, 5.41) is 1.84. The number of piperidine rings is 1. The molecule has 2 aliphatic heterocycles. The summed E-state index contributed by atoms with van der Waals surface area (Å²) in [5.41, 5.74) is 3.48. The predicted molar refractivity (Wildman–Crippen MR) is 130 cm³/mol. The van der Waals surface area contributed by atoms with E-state index in [2.05, 4.69) is 45.9 Å². The van der Waals surface area contributed by atoms with E-state index in [1.165, 1.54) is 16.0 Å². The highest BCUT2D eigenvalue weighted by Crippen LogP contribution is 2.32. The number of hydrogen-bond donors (Lipinski definition) is 0. The Bertz CT molecular complexity index is 1050. The maximum absolute atomic E-state index is 13.2. The van der Waals surface area contributed by atoms with Gasteiger partial charge in [-0.3, -0.25) is 4.79 Å². The number of hydrogen-bond acceptors (Lipinski definition) is 5. The number of aromatic nitrogens is 1. The summed E-state index contributed by atoms with van der Waals surface area (Å²) < 4.78 is 1.23. The van der Waals surface area contributed by atoms with E-state index in [0.717, 1.165) is 67.8 Å². The Kier molecular flexibility index (Phi) is 5.76. The SMILES string of the molecule is Cc1ccc(Cl)cc1N1CCN(C(=O)C2CCN(c3nc4ccccc4s3)CC2)CC1. The Balaban J connectivity index is 1.16. The minimum absolute atomic E-state index is 0.130. The second-order valence-electron chi connectivity index (χ2n) is 8.47. The molecule has 3 aromatic rings. The first-order valence-electron chi connectivity index (χ1n) is 11.0. The molecule has 5 rings (SSSR count). The summed E-state index contributed by atoms with van der Waals surface area (Å²) in [5.74, 6) is 0.455. The van der Waals surface area contributed by atoms with Crippen molar-refractivity contribution in [2.45, 2.75) is 19.8 Å². The lowest BCUT2D eigenvalue weighted by Gasteiger charge is -2.39. The number of aryl methyl sites for hydroxylation is 1. The number of nitrogens with zero attached hydrogens (tertiary/aromatic N) is 4. The monoisotopic (exact) mass is 454 g/mol. The van der Waals surface area contributed by atoms with Gasteiger partial charge in [0.15, 0.2) is 5.13 Å². The van der Waals surface area contributed by atoms with Gasteiger partial charge < -0.3 is 14.7 Å². The third-order valence-corrected chi connectivity index (χ3v) is 7.83. The highest BCUT2D eigenvalue weighted by molar-refractivity contribution is 7.22. The number of anilines is 2. The number of rotatable bonds is 3. The molecule has 0 aliphatic carbocycles. The minimum Gasteiger partial charge on any atom is -0.368 e. The number of benzene rings is 2. The van der Waals surface area contributed by atoms with E-state index in [1.54, 1.807) is 11.3 Å².